The van der Waals surface area contributed by atoms with Crippen molar-refractivity contribution in [3.8, 4) is 11.3 Å². The van der Waals surface area contributed by atoms with E-state index in [1.54, 1.807) is 35.6 Å². The fraction of sp³-hybridized carbons (Fsp3) is 0.250. The van der Waals surface area contributed by atoms with Crippen molar-refractivity contribution < 1.29 is 14.1 Å². The molecule has 2 N–H and O–H groups in total. The fourth-order valence-electron chi connectivity index (χ4n) is 3.86. The average Bonchev–Trinajstić information content (AvgIpc) is 3.33. The van der Waals surface area contributed by atoms with Crippen LogP contribution in [0.1, 0.15) is 45.6 Å². The summed E-state index contributed by atoms with van der Waals surface area (Å²) in [6.45, 7) is 0. The predicted molar refractivity (Wildman–Crippen MR) is 106 cm³/mol. The van der Waals surface area contributed by atoms with Crippen LogP contribution in [0.2, 0.25) is 0 Å². The number of aryl methyl sites for hydroxylation is 1. The Labute approximate surface area is 164 Å². The first-order valence-electron chi connectivity index (χ1n) is 9.16. The number of nitro groups is 1. The highest BCUT2D eigenvalue weighted by atomic mass is 32.1. The molecule has 1 aliphatic carbocycles. The molecule has 7 nitrogen and oxygen atoms in total. The Balaban J connectivity index is 1.44. The predicted octanol–water partition coefficient (Wildman–Crippen LogP) is 4.65. The maximum atomic E-state index is 12.7. The standard InChI is InChI=1S/C20H17N3O4S/c24-19-17-13-6-1-2-7-16(13)28-20(17)22-18(21-19)15-9-8-14(27-15)11-4-3-5-12(10-11)23(25)26/h3-5,8-10,18,22H,1-2,6-7H2,(H,21,24). The summed E-state index contributed by atoms with van der Waals surface area (Å²) in [7, 11) is 0. The van der Waals surface area contributed by atoms with Crippen molar-refractivity contribution in [2.24, 2.45) is 0 Å². The van der Waals surface area contributed by atoms with Crippen molar-refractivity contribution in [3.63, 3.8) is 0 Å². The second-order valence-corrected chi connectivity index (χ2v) is 8.08. The molecule has 3 aromatic rings. The van der Waals surface area contributed by atoms with Gasteiger partial charge in [-0.15, -0.1) is 11.3 Å². The molecule has 0 fully saturated rings. The fourth-order valence-corrected chi connectivity index (χ4v) is 5.17. The van der Waals surface area contributed by atoms with Crippen LogP contribution in [0.3, 0.4) is 0 Å². The third-order valence-electron chi connectivity index (χ3n) is 5.20. The molecular weight excluding hydrogens is 378 g/mol. The summed E-state index contributed by atoms with van der Waals surface area (Å²) in [5.41, 5.74) is 2.59. The number of furan rings is 1. The number of anilines is 1. The zero-order valence-corrected chi connectivity index (χ0v) is 15.7. The molecule has 0 bridgehead atoms. The summed E-state index contributed by atoms with van der Waals surface area (Å²) < 4.78 is 5.91. The lowest BCUT2D eigenvalue weighted by Crippen LogP contribution is -2.38. The van der Waals surface area contributed by atoms with Gasteiger partial charge in [-0.3, -0.25) is 14.9 Å². The number of thiophene rings is 1. The lowest BCUT2D eigenvalue weighted by atomic mass is 9.94. The number of hydrogen-bond acceptors (Lipinski definition) is 6. The van der Waals surface area contributed by atoms with Gasteiger partial charge in [-0.2, -0.15) is 0 Å². The molecule has 8 heteroatoms. The summed E-state index contributed by atoms with van der Waals surface area (Å²) >= 11 is 1.66. The summed E-state index contributed by atoms with van der Waals surface area (Å²) in [6, 6.07) is 9.84. The van der Waals surface area contributed by atoms with E-state index in [1.165, 1.54) is 29.0 Å². The zero-order chi connectivity index (χ0) is 19.3. The number of nitrogens with zero attached hydrogens (tertiary/aromatic N) is 1. The molecule has 0 saturated heterocycles. The van der Waals surface area contributed by atoms with Crippen LogP contribution < -0.4 is 10.6 Å². The van der Waals surface area contributed by atoms with Gasteiger partial charge in [0, 0.05) is 22.6 Å². The largest absolute Gasteiger partial charge is 0.457 e. The highest BCUT2D eigenvalue weighted by molar-refractivity contribution is 7.16. The van der Waals surface area contributed by atoms with Gasteiger partial charge in [0.1, 0.15) is 16.5 Å². The van der Waals surface area contributed by atoms with Gasteiger partial charge in [0.25, 0.3) is 11.6 Å². The van der Waals surface area contributed by atoms with Crippen molar-refractivity contribution in [3.05, 3.63) is 68.3 Å². The van der Waals surface area contributed by atoms with Gasteiger partial charge >= 0.3 is 0 Å². The Kier molecular flexibility index (Phi) is 3.94. The monoisotopic (exact) mass is 395 g/mol. The zero-order valence-electron chi connectivity index (χ0n) is 14.9. The van der Waals surface area contributed by atoms with Crippen LogP contribution >= 0.6 is 11.3 Å². The van der Waals surface area contributed by atoms with Gasteiger partial charge in [-0.1, -0.05) is 12.1 Å². The summed E-state index contributed by atoms with van der Waals surface area (Å²) in [6.07, 6.45) is 3.82. The average molecular weight is 395 g/mol. The van der Waals surface area contributed by atoms with E-state index in [1.807, 2.05) is 0 Å². The number of non-ortho nitro benzene ring substituents is 1. The normalized spacial score (nSPS) is 18.0. The van der Waals surface area contributed by atoms with Gasteiger partial charge < -0.3 is 15.1 Å². The Morgan fingerprint density at radius 3 is 2.86 bits per heavy atom. The number of hydrogen-bond donors (Lipinski definition) is 2. The molecule has 2 aromatic heterocycles. The minimum Gasteiger partial charge on any atom is -0.457 e. The highest BCUT2D eigenvalue weighted by Crippen LogP contribution is 2.41. The lowest BCUT2D eigenvalue weighted by molar-refractivity contribution is -0.384. The van der Waals surface area contributed by atoms with Gasteiger partial charge in [-0.25, -0.2) is 0 Å². The van der Waals surface area contributed by atoms with Crippen molar-refractivity contribution >= 4 is 27.9 Å². The van der Waals surface area contributed by atoms with Crippen LogP contribution in [-0.2, 0) is 12.8 Å². The topological polar surface area (TPSA) is 97.4 Å². The minimum atomic E-state index is -0.465. The van der Waals surface area contributed by atoms with Crippen molar-refractivity contribution in [1.82, 2.24) is 5.32 Å². The molecular formula is C20H17N3O4S. The molecule has 0 saturated carbocycles. The van der Waals surface area contributed by atoms with E-state index in [0.717, 1.165) is 29.8 Å². The number of nitro benzene ring substituents is 1. The molecule has 1 amide bonds. The van der Waals surface area contributed by atoms with Crippen LogP contribution in [0.15, 0.2) is 40.8 Å². The Morgan fingerprint density at radius 2 is 2.00 bits per heavy atom. The van der Waals surface area contributed by atoms with E-state index < -0.39 is 11.1 Å². The van der Waals surface area contributed by atoms with Crippen LogP contribution in [-0.4, -0.2) is 10.8 Å². The van der Waals surface area contributed by atoms with Crippen LogP contribution in [0.25, 0.3) is 11.3 Å². The summed E-state index contributed by atoms with van der Waals surface area (Å²) in [5.74, 6) is 1.00. The van der Waals surface area contributed by atoms with Crippen molar-refractivity contribution in [2.45, 2.75) is 31.8 Å². The summed E-state index contributed by atoms with van der Waals surface area (Å²) in [5, 5.41) is 18.2. The van der Waals surface area contributed by atoms with Crippen molar-refractivity contribution in [1.29, 1.82) is 0 Å². The van der Waals surface area contributed by atoms with Gasteiger partial charge in [0.15, 0.2) is 6.17 Å². The SMILES string of the molecule is O=C1NC(c2ccc(-c3cccc([N+](=O)[O-])c3)o2)Nc2sc3c(c21)CCCC3. The molecule has 5 rings (SSSR count). The second kappa shape index (κ2) is 6.49. The molecule has 0 spiro atoms. The Morgan fingerprint density at radius 1 is 1.14 bits per heavy atom. The Hall–Kier alpha value is -3.13. The van der Waals surface area contributed by atoms with E-state index >= 15 is 0 Å². The first-order valence-corrected chi connectivity index (χ1v) is 9.98. The number of carbonyl (C=O) groups excluding carboxylic acids is 1. The molecule has 2 aliphatic rings. The van der Waals surface area contributed by atoms with Crippen LogP contribution in [0.5, 0.6) is 0 Å². The number of nitrogens with one attached hydrogen (secondary N) is 2. The lowest BCUT2D eigenvalue weighted by Gasteiger charge is -2.25. The number of carbonyl (C=O) groups is 1. The van der Waals surface area contributed by atoms with E-state index in [0.29, 0.717) is 17.1 Å². The third-order valence-corrected chi connectivity index (χ3v) is 6.43. The number of fused-ring (bicyclic) bond motifs is 3. The highest BCUT2D eigenvalue weighted by Gasteiger charge is 2.33. The van der Waals surface area contributed by atoms with Gasteiger partial charge in [0.2, 0.25) is 0 Å². The first-order chi connectivity index (χ1) is 13.6. The van der Waals surface area contributed by atoms with Gasteiger partial charge in [0.05, 0.1) is 10.5 Å². The minimum absolute atomic E-state index is 0.00773. The second-order valence-electron chi connectivity index (χ2n) is 6.98. The smallest absolute Gasteiger partial charge is 0.270 e. The number of benzene rings is 1. The quantitative estimate of drug-likeness (QED) is 0.497. The van der Waals surface area contributed by atoms with E-state index in [4.69, 9.17) is 4.42 Å². The molecule has 142 valence electrons. The molecule has 1 aliphatic heterocycles. The molecule has 28 heavy (non-hydrogen) atoms. The molecule has 1 aromatic carbocycles. The number of rotatable bonds is 3. The van der Waals surface area contributed by atoms with E-state index in [-0.39, 0.29) is 11.6 Å². The first kappa shape index (κ1) is 17.0. The molecule has 3 heterocycles. The van der Waals surface area contributed by atoms with E-state index in [9.17, 15) is 14.9 Å². The van der Waals surface area contributed by atoms with Crippen molar-refractivity contribution in [2.75, 3.05) is 5.32 Å². The molecule has 1 unspecified atom stereocenters. The number of amides is 1. The maximum Gasteiger partial charge on any atom is 0.270 e. The third kappa shape index (κ3) is 2.77. The van der Waals surface area contributed by atoms with Crippen LogP contribution in [0.4, 0.5) is 10.7 Å². The maximum absolute atomic E-state index is 12.7. The molecule has 1 atom stereocenters. The van der Waals surface area contributed by atoms with Gasteiger partial charge in [-0.05, 0) is 43.4 Å². The van der Waals surface area contributed by atoms with E-state index in [2.05, 4.69) is 10.6 Å². The van der Waals surface area contributed by atoms with Crippen LogP contribution in [0, 0.1) is 10.1 Å². The Bertz CT molecular complexity index is 1100. The summed E-state index contributed by atoms with van der Waals surface area (Å²) in [4.78, 5) is 24.6. The molecule has 0 radical (unpaired) electrons.